The molecule has 1 atom stereocenters. The second kappa shape index (κ2) is 4.94. The summed E-state index contributed by atoms with van der Waals surface area (Å²) in [6.07, 6.45) is 0. The third-order valence-corrected chi connectivity index (χ3v) is 3.95. The monoisotopic (exact) mass is 296 g/mol. The molecule has 0 unspecified atom stereocenters. The smallest absolute Gasteiger partial charge is 0.262 e. The van der Waals surface area contributed by atoms with Crippen LogP contribution in [0, 0.1) is 5.92 Å². The molecule has 2 aromatic rings. The average Bonchev–Trinajstić information content (AvgIpc) is 2.48. The summed E-state index contributed by atoms with van der Waals surface area (Å²) in [5.41, 5.74) is 0.694. The Kier molecular flexibility index (Phi) is 3.20. The van der Waals surface area contributed by atoms with Crippen LogP contribution >= 0.6 is 0 Å². The van der Waals surface area contributed by atoms with E-state index < -0.39 is 29.7 Å². The van der Waals surface area contributed by atoms with E-state index in [0.717, 1.165) is 10.3 Å². The van der Waals surface area contributed by atoms with Gasteiger partial charge in [-0.05, 0) is 23.4 Å². The molecule has 2 amide bonds. The highest BCUT2D eigenvalue weighted by atomic mass is 16.4. The van der Waals surface area contributed by atoms with E-state index in [-0.39, 0.29) is 0 Å². The molecule has 0 aliphatic carbocycles. The number of aliphatic carboxylic acids is 1. The van der Waals surface area contributed by atoms with Crippen LogP contribution in [0.1, 0.15) is 34.6 Å². The first-order chi connectivity index (χ1) is 10.4. The lowest BCUT2D eigenvalue weighted by atomic mass is 9.91. The standard InChI is InChI=1S/C17H15NO4/c1-9(2)14(17(21)22)18-15(19)11-7-3-5-10-6-4-8-12(13(10)11)16(18)20/h3-9,14H,1-2H3,(H,21,22)/p-1/t14-/m0/s1. The molecule has 0 fully saturated rings. The van der Waals surface area contributed by atoms with Crippen LogP contribution in [0.3, 0.4) is 0 Å². The lowest BCUT2D eigenvalue weighted by molar-refractivity contribution is -0.311. The normalized spacial score (nSPS) is 15.5. The molecule has 5 nitrogen and oxygen atoms in total. The molecule has 0 saturated heterocycles. The highest BCUT2D eigenvalue weighted by Gasteiger charge is 2.39. The van der Waals surface area contributed by atoms with Gasteiger partial charge in [0.15, 0.2) is 0 Å². The van der Waals surface area contributed by atoms with Gasteiger partial charge in [0.05, 0.1) is 12.0 Å². The highest BCUT2D eigenvalue weighted by Crippen LogP contribution is 2.31. The van der Waals surface area contributed by atoms with Gasteiger partial charge in [0.25, 0.3) is 11.8 Å². The predicted molar refractivity (Wildman–Crippen MR) is 78.1 cm³/mol. The molecule has 112 valence electrons. The molecule has 0 saturated carbocycles. The van der Waals surface area contributed by atoms with Crippen LogP contribution in [0.4, 0.5) is 0 Å². The molecular formula is C17H14NO4-. The van der Waals surface area contributed by atoms with Crippen LogP contribution in [0.15, 0.2) is 36.4 Å². The van der Waals surface area contributed by atoms with Gasteiger partial charge in [-0.2, -0.15) is 0 Å². The minimum absolute atomic E-state index is 0.347. The fourth-order valence-corrected chi connectivity index (χ4v) is 2.98. The first-order valence-electron chi connectivity index (χ1n) is 7.04. The number of rotatable bonds is 3. The van der Waals surface area contributed by atoms with Gasteiger partial charge in [-0.1, -0.05) is 38.1 Å². The number of carboxylic acids is 1. The topological polar surface area (TPSA) is 77.5 Å². The number of nitrogens with zero attached hydrogens (tertiary/aromatic N) is 1. The lowest BCUT2D eigenvalue weighted by Gasteiger charge is -2.36. The quantitative estimate of drug-likeness (QED) is 0.798. The Morgan fingerprint density at radius 3 is 1.91 bits per heavy atom. The Bertz CT molecular complexity index is 759. The summed E-state index contributed by atoms with van der Waals surface area (Å²) >= 11 is 0. The number of amides is 2. The van der Waals surface area contributed by atoms with Crippen LogP contribution in [0.25, 0.3) is 10.8 Å². The summed E-state index contributed by atoms with van der Waals surface area (Å²) in [6.45, 7) is 3.28. The van der Waals surface area contributed by atoms with E-state index in [2.05, 4.69) is 0 Å². The summed E-state index contributed by atoms with van der Waals surface area (Å²) in [5, 5.41) is 12.8. The molecule has 1 aliphatic heterocycles. The Hall–Kier alpha value is -2.69. The third-order valence-electron chi connectivity index (χ3n) is 3.95. The first kappa shape index (κ1) is 14.3. The SMILES string of the molecule is CC(C)[C@@H](C(=O)[O-])N1C(=O)c2cccc3cccc(c23)C1=O. The van der Waals surface area contributed by atoms with Gasteiger partial charge < -0.3 is 9.90 Å². The third kappa shape index (κ3) is 1.89. The maximum Gasteiger partial charge on any atom is 0.262 e. The van der Waals surface area contributed by atoms with Gasteiger partial charge in [-0.3, -0.25) is 14.5 Å². The summed E-state index contributed by atoms with van der Waals surface area (Å²) in [7, 11) is 0. The predicted octanol–water partition coefficient (Wildman–Crippen LogP) is 1.21. The van der Waals surface area contributed by atoms with Crippen molar-refractivity contribution in [3.05, 3.63) is 47.5 Å². The lowest BCUT2D eigenvalue weighted by Crippen LogP contribution is -2.56. The van der Waals surface area contributed by atoms with E-state index in [1.165, 1.54) is 0 Å². The second-order valence-electron chi connectivity index (χ2n) is 5.70. The van der Waals surface area contributed by atoms with Crippen molar-refractivity contribution >= 4 is 28.6 Å². The molecule has 1 heterocycles. The fraction of sp³-hybridized carbons (Fsp3) is 0.235. The van der Waals surface area contributed by atoms with Crippen LogP contribution in [0.5, 0.6) is 0 Å². The maximum atomic E-state index is 12.7. The number of carbonyl (C=O) groups excluding carboxylic acids is 3. The Morgan fingerprint density at radius 2 is 1.50 bits per heavy atom. The largest absolute Gasteiger partial charge is 0.548 e. The second-order valence-corrected chi connectivity index (χ2v) is 5.70. The van der Waals surface area contributed by atoms with Crippen molar-refractivity contribution in [3.8, 4) is 0 Å². The molecule has 0 spiro atoms. The summed E-state index contributed by atoms with van der Waals surface area (Å²) in [4.78, 5) is 37.6. The van der Waals surface area contributed by atoms with Gasteiger partial charge in [0.1, 0.15) is 0 Å². The van der Waals surface area contributed by atoms with Crippen molar-refractivity contribution in [1.82, 2.24) is 4.90 Å². The average molecular weight is 296 g/mol. The zero-order valence-electron chi connectivity index (χ0n) is 12.2. The van der Waals surface area contributed by atoms with E-state index in [4.69, 9.17) is 0 Å². The number of benzene rings is 2. The summed E-state index contributed by atoms with van der Waals surface area (Å²) < 4.78 is 0. The van der Waals surface area contributed by atoms with E-state index in [1.54, 1.807) is 38.1 Å². The summed E-state index contributed by atoms with van der Waals surface area (Å²) in [5.74, 6) is -3.04. The molecule has 2 aromatic carbocycles. The molecule has 0 N–H and O–H groups in total. The number of carbonyl (C=O) groups is 3. The van der Waals surface area contributed by atoms with E-state index in [9.17, 15) is 19.5 Å². The van der Waals surface area contributed by atoms with Crippen molar-refractivity contribution in [2.24, 2.45) is 5.92 Å². The zero-order chi connectivity index (χ0) is 16.0. The maximum absolute atomic E-state index is 12.7. The fourth-order valence-electron chi connectivity index (χ4n) is 2.98. The minimum atomic E-state index is -1.43. The molecule has 1 aliphatic rings. The first-order valence-corrected chi connectivity index (χ1v) is 7.04. The number of hydrogen-bond acceptors (Lipinski definition) is 4. The van der Waals surface area contributed by atoms with Crippen molar-refractivity contribution < 1.29 is 19.5 Å². The van der Waals surface area contributed by atoms with Crippen molar-refractivity contribution in [2.45, 2.75) is 19.9 Å². The molecular weight excluding hydrogens is 282 g/mol. The highest BCUT2D eigenvalue weighted by molar-refractivity contribution is 6.26. The number of carboxylic acid groups (broad SMARTS) is 1. The van der Waals surface area contributed by atoms with Crippen LogP contribution in [-0.2, 0) is 4.79 Å². The number of imide groups is 1. The Labute approximate surface area is 127 Å². The van der Waals surface area contributed by atoms with Crippen LogP contribution in [-0.4, -0.2) is 28.7 Å². The van der Waals surface area contributed by atoms with Crippen LogP contribution in [0.2, 0.25) is 0 Å². The Morgan fingerprint density at radius 1 is 1.00 bits per heavy atom. The molecule has 0 radical (unpaired) electrons. The minimum Gasteiger partial charge on any atom is -0.548 e. The van der Waals surface area contributed by atoms with E-state index in [1.807, 2.05) is 12.1 Å². The molecule has 0 aromatic heterocycles. The number of hydrogen-bond donors (Lipinski definition) is 0. The molecule has 3 rings (SSSR count). The molecule has 22 heavy (non-hydrogen) atoms. The van der Waals surface area contributed by atoms with E-state index >= 15 is 0 Å². The van der Waals surface area contributed by atoms with Gasteiger partial charge >= 0.3 is 0 Å². The van der Waals surface area contributed by atoms with Crippen molar-refractivity contribution in [3.63, 3.8) is 0 Å². The van der Waals surface area contributed by atoms with Gasteiger partial charge in [0, 0.05) is 16.5 Å². The summed E-state index contributed by atoms with van der Waals surface area (Å²) in [6, 6.07) is 9.01. The van der Waals surface area contributed by atoms with Gasteiger partial charge in [-0.15, -0.1) is 0 Å². The Balaban J connectivity index is 2.26. The van der Waals surface area contributed by atoms with Crippen molar-refractivity contribution in [2.75, 3.05) is 0 Å². The zero-order valence-corrected chi connectivity index (χ0v) is 12.2. The van der Waals surface area contributed by atoms with Gasteiger partial charge in [0.2, 0.25) is 0 Å². The molecule has 5 heteroatoms. The van der Waals surface area contributed by atoms with Crippen molar-refractivity contribution in [1.29, 1.82) is 0 Å². The van der Waals surface area contributed by atoms with Crippen LogP contribution < -0.4 is 5.11 Å². The molecule has 0 bridgehead atoms. The van der Waals surface area contributed by atoms with E-state index in [0.29, 0.717) is 16.5 Å². The van der Waals surface area contributed by atoms with Gasteiger partial charge in [-0.25, -0.2) is 0 Å².